The van der Waals surface area contributed by atoms with E-state index in [0.29, 0.717) is 19.8 Å². The van der Waals surface area contributed by atoms with Crippen molar-refractivity contribution < 1.29 is 13.9 Å². The minimum absolute atomic E-state index is 0.488. The van der Waals surface area contributed by atoms with Crippen molar-refractivity contribution in [2.45, 2.75) is 32.0 Å². The highest BCUT2D eigenvalue weighted by Gasteiger charge is 2.20. The summed E-state index contributed by atoms with van der Waals surface area (Å²) in [6.45, 7) is 2.46. The summed E-state index contributed by atoms with van der Waals surface area (Å²) in [4.78, 5) is 0. The van der Waals surface area contributed by atoms with Crippen LogP contribution in [0.3, 0.4) is 0 Å². The van der Waals surface area contributed by atoms with Gasteiger partial charge in [0.25, 0.3) is 0 Å². The van der Waals surface area contributed by atoms with E-state index in [1.165, 1.54) is 18.4 Å². The van der Waals surface area contributed by atoms with Gasteiger partial charge in [0.1, 0.15) is 24.7 Å². The lowest BCUT2D eigenvalue weighted by Crippen LogP contribution is -2.14. The van der Waals surface area contributed by atoms with E-state index >= 15 is 0 Å². The van der Waals surface area contributed by atoms with E-state index in [1.807, 2.05) is 36.4 Å². The normalized spacial score (nSPS) is 14.3. The molecule has 0 amide bonds. The van der Waals surface area contributed by atoms with Crippen LogP contribution in [0.2, 0.25) is 0 Å². The highest BCUT2D eigenvalue weighted by Crippen LogP contribution is 2.19. The Morgan fingerprint density at radius 3 is 2.81 bits per heavy atom. The van der Waals surface area contributed by atoms with E-state index in [9.17, 15) is 0 Å². The Bertz CT molecular complexity index is 534. The molecule has 1 saturated carbocycles. The average molecular weight is 287 g/mol. The van der Waals surface area contributed by atoms with Crippen molar-refractivity contribution >= 4 is 0 Å². The third kappa shape index (κ3) is 4.92. The largest absolute Gasteiger partial charge is 0.491 e. The second kappa shape index (κ2) is 7.29. The molecule has 3 rings (SSSR count). The molecule has 0 radical (unpaired) electrons. The van der Waals surface area contributed by atoms with Gasteiger partial charge in [-0.2, -0.15) is 0 Å². The fraction of sp³-hybridized carbons (Fsp3) is 0.412. The maximum atomic E-state index is 5.56. The number of para-hydroxylation sites is 1. The van der Waals surface area contributed by atoms with Crippen molar-refractivity contribution in [2.24, 2.45) is 0 Å². The van der Waals surface area contributed by atoms with Crippen molar-refractivity contribution in [1.82, 2.24) is 5.32 Å². The van der Waals surface area contributed by atoms with Gasteiger partial charge in [-0.25, -0.2) is 0 Å². The van der Waals surface area contributed by atoms with E-state index in [-0.39, 0.29) is 0 Å². The first-order valence-electron chi connectivity index (χ1n) is 7.45. The number of benzene rings is 1. The minimum Gasteiger partial charge on any atom is -0.491 e. The number of hydrogen-bond acceptors (Lipinski definition) is 4. The van der Waals surface area contributed by atoms with Crippen LogP contribution in [0.15, 0.2) is 47.1 Å². The molecule has 0 saturated heterocycles. The van der Waals surface area contributed by atoms with Crippen LogP contribution in [0.4, 0.5) is 0 Å². The predicted molar refractivity (Wildman–Crippen MR) is 80.2 cm³/mol. The Kier molecular flexibility index (Phi) is 4.92. The summed E-state index contributed by atoms with van der Waals surface area (Å²) in [5.74, 6) is 1.73. The fourth-order valence-electron chi connectivity index (χ4n) is 2.05. The summed E-state index contributed by atoms with van der Waals surface area (Å²) < 4.78 is 16.6. The molecule has 4 heteroatoms. The van der Waals surface area contributed by atoms with Crippen molar-refractivity contribution in [3.63, 3.8) is 0 Å². The standard InChI is InChI=1S/C17H21NO3/c1-2-4-16(5-3-1)20-9-8-19-13-17-10-14(12-21-17)11-18-15-6-7-15/h1-5,10,12,15,18H,6-9,11,13H2. The molecule has 0 aliphatic heterocycles. The lowest BCUT2D eigenvalue weighted by molar-refractivity contribution is 0.0781. The van der Waals surface area contributed by atoms with Gasteiger partial charge in [0, 0.05) is 18.2 Å². The third-order valence-corrected chi connectivity index (χ3v) is 3.36. The van der Waals surface area contributed by atoms with Gasteiger partial charge in [-0.05, 0) is 31.0 Å². The van der Waals surface area contributed by atoms with Gasteiger partial charge in [0.15, 0.2) is 0 Å². The number of hydrogen-bond donors (Lipinski definition) is 1. The molecule has 21 heavy (non-hydrogen) atoms. The number of rotatable bonds is 9. The molecule has 1 aromatic heterocycles. The second-order valence-electron chi connectivity index (χ2n) is 5.29. The quantitative estimate of drug-likeness (QED) is 0.720. The summed E-state index contributed by atoms with van der Waals surface area (Å²) in [5, 5.41) is 3.46. The first-order valence-corrected chi connectivity index (χ1v) is 7.45. The van der Waals surface area contributed by atoms with E-state index in [1.54, 1.807) is 6.26 Å². The molecule has 1 fully saturated rings. The van der Waals surface area contributed by atoms with Crippen LogP contribution in [-0.4, -0.2) is 19.3 Å². The highest BCUT2D eigenvalue weighted by atomic mass is 16.5. The third-order valence-electron chi connectivity index (χ3n) is 3.36. The fourth-order valence-corrected chi connectivity index (χ4v) is 2.05. The number of furan rings is 1. The minimum atomic E-state index is 0.488. The number of ether oxygens (including phenoxy) is 2. The summed E-state index contributed by atoms with van der Waals surface area (Å²) in [5.41, 5.74) is 1.18. The summed E-state index contributed by atoms with van der Waals surface area (Å²) in [6.07, 6.45) is 4.40. The Morgan fingerprint density at radius 1 is 1.14 bits per heavy atom. The summed E-state index contributed by atoms with van der Waals surface area (Å²) in [7, 11) is 0. The van der Waals surface area contributed by atoms with Crippen LogP contribution in [0.5, 0.6) is 5.75 Å². The Morgan fingerprint density at radius 2 is 2.00 bits per heavy atom. The molecule has 1 aromatic carbocycles. The summed E-state index contributed by atoms with van der Waals surface area (Å²) in [6, 6.07) is 12.5. The van der Waals surface area contributed by atoms with Crippen molar-refractivity contribution in [1.29, 1.82) is 0 Å². The van der Waals surface area contributed by atoms with E-state index in [0.717, 1.165) is 24.1 Å². The molecule has 1 heterocycles. The lowest BCUT2D eigenvalue weighted by Gasteiger charge is -2.05. The first-order chi connectivity index (χ1) is 10.4. The van der Waals surface area contributed by atoms with E-state index < -0.39 is 0 Å². The molecular weight excluding hydrogens is 266 g/mol. The van der Waals surface area contributed by atoms with Crippen molar-refractivity contribution in [3.8, 4) is 5.75 Å². The smallest absolute Gasteiger partial charge is 0.129 e. The van der Waals surface area contributed by atoms with Gasteiger partial charge in [-0.1, -0.05) is 18.2 Å². The van der Waals surface area contributed by atoms with Crippen LogP contribution in [0.1, 0.15) is 24.2 Å². The Labute approximate surface area is 125 Å². The maximum absolute atomic E-state index is 5.56. The Hall–Kier alpha value is -1.78. The van der Waals surface area contributed by atoms with Gasteiger partial charge in [-0.15, -0.1) is 0 Å². The van der Waals surface area contributed by atoms with Gasteiger partial charge >= 0.3 is 0 Å². The maximum Gasteiger partial charge on any atom is 0.129 e. The van der Waals surface area contributed by atoms with Gasteiger partial charge in [0.05, 0.1) is 12.9 Å². The van der Waals surface area contributed by atoms with Gasteiger partial charge in [-0.3, -0.25) is 0 Å². The highest BCUT2D eigenvalue weighted by molar-refractivity contribution is 5.20. The molecule has 112 valence electrons. The molecular formula is C17H21NO3. The molecule has 1 aliphatic rings. The molecule has 0 atom stereocenters. The van der Waals surface area contributed by atoms with E-state index in [4.69, 9.17) is 13.9 Å². The van der Waals surface area contributed by atoms with Gasteiger partial charge < -0.3 is 19.2 Å². The molecule has 2 aromatic rings. The zero-order valence-corrected chi connectivity index (χ0v) is 12.1. The molecule has 0 spiro atoms. The number of nitrogens with one attached hydrogen (secondary N) is 1. The van der Waals surface area contributed by atoms with Crippen LogP contribution < -0.4 is 10.1 Å². The van der Waals surface area contributed by atoms with Crippen molar-refractivity contribution in [2.75, 3.05) is 13.2 Å². The van der Waals surface area contributed by atoms with E-state index in [2.05, 4.69) is 5.32 Å². The van der Waals surface area contributed by atoms with Crippen LogP contribution >= 0.6 is 0 Å². The molecule has 0 bridgehead atoms. The van der Waals surface area contributed by atoms with Crippen molar-refractivity contribution in [3.05, 3.63) is 54.0 Å². The van der Waals surface area contributed by atoms with Crippen LogP contribution in [-0.2, 0) is 17.9 Å². The molecule has 1 aliphatic carbocycles. The zero-order valence-electron chi connectivity index (χ0n) is 12.1. The molecule has 4 nitrogen and oxygen atoms in total. The van der Waals surface area contributed by atoms with Gasteiger partial charge in [0.2, 0.25) is 0 Å². The monoisotopic (exact) mass is 287 g/mol. The zero-order chi connectivity index (χ0) is 14.3. The first kappa shape index (κ1) is 14.2. The topological polar surface area (TPSA) is 43.6 Å². The molecule has 1 N–H and O–H groups in total. The van der Waals surface area contributed by atoms with Crippen LogP contribution in [0.25, 0.3) is 0 Å². The van der Waals surface area contributed by atoms with Crippen LogP contribution in [0, 0.1) is 0 Å². The lowest BCUT2D eigenvalue weighted by atomic mass is 10.3. The summed E-state index contributed by atoms with van der Waals surface area (Å²) >= 11 is 0. The SMILES string of the molecule is c1ccc(OCCOCc2cc(CNC3CC3)co2)cc1. The molecule has 0 unspecified atom stereocenters. The predicted octanol–water partition coefficient (Wildman–Crippen LogP) is 3.13. The average Bonchev–Trinajstić information content (AvgIpc) is 3.25. The Balaban J connectivity index is 1.30. The second-order valence-corrected chi connectivity index (χ2v) is 5.29.